The molecule has 0 aliphatic rings. The lowest BCUT2D eigenvalue weighted by molar-refractivity contribution is 0.0650. The third kappa shape index (κ3) is 2.92. The summed E-state index contributed by atoms with van der Waals surface area (Å²) in [6.45, 7) is 0.870. The van der Waals surface area contributed by atoms with Gasteiger partial charge in [0.05, 0.1) is 13.2 Å². The molecular formula is C13H16ClN3O3. The number of pyridine rings is 1. The van der Waals surface area contributed by atoms with Gasteiger partial charge in [-0.15, -0.1) is 0 Å². The van der Waals surface area contributed by atoms with Gasteiger partial charge in [-0.3, -0.25) is 9.20 Å². The Balaban J connectivity index is 2.35. The van der Waals surface area contributed by atoms with E-state index in [4.69, 9.17) is 21.4 Å². The molecule has 2 heterocycles. The van der Waals surface area contributed by atoms with Crippen molar-refractivity contribution >= 4 is 23.2 Å². The van der Waals surface area contributed by atoms with Gasteiger partial charge >= 0.3 is 0 Å². The van der Waals surface area contributed by atoms with E-state index in [9.17, 15) is 4.79 Å². The number of hydrogen-bond donors (Lipinski definition) is 1. The number of imidazole rings is 1. The lowest BCUT2D eigenvalue weighted by atomic mass is 10.3. The minimum Gasteiger partial charge on any atom is -0.395 e. The van der Waals surface area contributed by atoms with E-state index in [1.165, 1.54) is 4.90 Å². The molecule has 6 nitrogen and oxygen atoms in total. The lowest BCUT2D eigenvalue weighted by Crippen LogP contribution is -2.37. The number of fused-ring (bicyclic) bond motifs is 1. The average molecular weight is 298 g/mol. The van der Waals surface area contributed by atoms with E-state index in [0.717, 1.165) is 0 Å². The Morgan fingerprint density at radius 3 is 3.00 bits per heavy atom. The van der Waals surface area contributed by atoms with Crippen LogP contribution < -0.4 is 0 Å². The Bertz CT molecular complexity index is 600. The van der Waals surface area contributed by atoms with Crippen LogP contribution in [0, 0.1) is 0 Å². The molecule has 1 amide bonds. The largest absolute Gasteiger partial charge is 0.395 e. The average Bonchev–Trinajstić information content (AvgIpc) is 2.78. The summed E-state index contributed by atoms with van der Waals surface area (Å²) in [6.07, 6.45) is 1.73. The summed E-state index contributed by atoms with van der Waals surface area (Å²) in [5, 5.41) is 9.23. The van der Waals surface area contributed by atoms with Crippen LogP contribution in [0.5, 0.6) is 0 Å². The van der Waals surface area contributed by atoms with Gasteiger partial charge in [0.15, 0.2) is 10.8 Å². The molecule has 0 bridgehead atoms. The predicted molar refractivity (Wildman–Crippen MR) is 75.1 cm³/mol. The molecule has 2 aromatic rings. The third-order valence-corrected chi connectivity index (χ3v) is 3.18. The second kappa shape index (κ2) is 6.69. The molecule has 0 aliphatic heterocycles. The smallest absolute Gasteiger partial charge is 0.274 e. The molecular weight excluding hydrogens is 282 g/mol. The van der Waals surface area contributed by atoms with Crippen LogP contribution in [0.1, 0.15) is 10.5 Å². The van der Waals surface area contributed by atoms with E-state index in [1.54, 1.807) is 29.8 Å². The SMILES string of the molecule is COCCN(CCO)C(=O)c1c(Cl)nc2ccccn12. The van der Waals surface area contributed by atoms with Gasteiger partial charge in [0, 0.05) is 26.4 Å². The summed E-state index contributed by atoms with van der Waals surface area (Å²) in [4.78, 5) is 18.2. The van der Waals surface area contributed by atoms with Gasteiger partial charge < -0.3 is 14.7 Å². The van der Waals surface area contributed by atoms with Crippen molar-refractivity contribution in [3.63, 3.8) is 0 Å². The molecule has 0 saturated heterocycles. The number of carbonyl (C=O) groups is 1. The molecule has 0 aliphatic carbocycles. The summed E-state index contributed by atoms with van der Waals surface area (Å²) in [6, 6.07) is 5.39. The van der Waals surface area contributed by atoms with Crippen LogP contribution in [0.2, 0.25) is 5.15 Å². The van der Waals surface area contributed by atoms with Gasteiger partial charge in [0.1, 0.15) is 5.65 Å². The molecule has 0 spiro atoms. The second-order valence-corrected chi connectivity index (χ2v) is 4.55. The first kappa shape index (κ1) is 14.8. The Morgan fingerprint density at radius 1 is 1.50 bits per heavy atom. The Labute approximate surface area is 121 Å². The number of rotatable bonds is 6. The minimum atomic E-state index is -0.278. The van der Waals surface area contributed by atoms with Crippen molar-refractivity contribution in [1.82, 2.24) is 14.3 Å². The summed E-state index contributed by atoms with van der Waals surface area (Å²) >= 11 is 6.07. The van der Waals surface area contributed by atoms with Crippen LogP contribution in [0.4, 0.5) is 0 Å². The molecule has 0 aromatic carbocycles. The van der Waals surface area contributed by atoms with E-state index in [1.807, 2.05) is 6.07 Å². The van der Waals surface area contributed by atoms with Gasteiger partial charge in [-0.1, -0.05) is 17.7 Å². The first-order valence-corrected chi connectivity index (χ1v) is 6.58. The van der Waals surface area contributed by atoms with Crippen molar-refractivity contribution in [2.24, 2.45) is 0 Å². The number of carbonyl (C=O) groups excluding carboxylic acids is 1. The van der Waals surface area contributed by atoms with Crippen LogP contribution in [0.15, 0.2) is 24.4 Å². The monoisotopic (exact) mass is 297 g/mol. The number of aliphatic hydroxyl groups excluding tert-OH is 1. The van der Waals surface area contributed by atoms with Crippen molar-refractivity contribution in [1.29, 1.82) is 0 Å². The number of aliphatic hydroxyl groups is 1. The number of halogens is 1. The van der Waals surface area contributed by atoms with Gasteiger partial charge in [-0.25, -0.2) is 4.98 Å². The fourth-order valence-electron chi connectivity index (χ4n) is 1.95. The normalized spacial score (nSPS) is 10.9. The number of methoxy groups -OCH3 is 1. The van der Waals surface area contributed by atoms with Gasteiger partial charge in [0.25, 0.3) is 5.91 Å². The topological polar surface area (TPSA) is 67.1 Å². The quantitative estimate of drug-likeness (QED) is 0.866. The van der Waals surface area contributed by atoms with Gasteiger partial charge in [-0.05, 0) is 12.1 Å². The highest BCUT2D eigenvalue weighted by Gasteiger charge is 2.23. The van der Waals surface area contributed by atoms with Crippen molar-refractivity contribution in [2.75, 3.05) is 33.4 Å². The molecule has 0 unspecified atom stereocenters. The van der Waals surface area contributed by atoms with Crippen LogP contribution in [-0.4, -0.2) is 58.7 Å². The maximum atomic E-state index is 12.6. The zero-order valence-corrected chi connectivity index (χ0v) is 11.9. The lowest BCUT2D eigenvalue weighted by Gasteiger charge is -2.21. The standard InChI is InChI=1S/C13H16ClN3O3/c1-20-9-7-16(6-8-18)13(19)11-12(14)15-10-4-2-3-5-17(10)11/h2-5,18H,6-9H2,1H3. The van der Waals surface area contributed by atoms with Gasteiger partial charge in [0.2, 0.25) is 0 Å². The first-order chi connectivity index (χ1) is 9.69. The Morgan fingerprint density at radius 2 is 2.30 bits per heavy atom. The number of nitrogens with zero attached hydrogens (tertiary/aromatic N) is 3. The zero-order valence-electron chi connectivity index (χ0n) is 11.1. The summed E-state index contributed by atoms with van der Waals surface area (Å²) in [5.74, 6) is -0.278. The molecule has 0 atom stereocenters. The van der Waals surface area contributed by atoms with E-state index in [-0.39, 0.29) is 24.2 Å². The number of hydrogen-bond acceptors (Lipinski definition) is 4. The van der Waals surface area contributed by atoms with E-state index < -0.39 is 0 Å². The summed E-state index contributed by atoms with van der Waals surface area (Å²) in [7, 11) is 1.56. The first-order valence-electron chi connectivity index (χ1n) is 6.20. The fourth-order valence-corrected chi connectivity index (χ4v) is 2.20. The van der Waals surface area contributed by atoms with Crippen molar-refractivity contribution < 1.29 is 14.6 Å². The number of ether oxygens (including phenoxy) is 1. The van der Waals surface area contributed by atoms with E-state index in [2.05, 4.69) is 4.98 Å². The van der Waals surface area contributed by atoms with E-state index >= 15 is 0 Å². The highest BCUT2D eigenvalue weighted by atomic mass is 35.5. The molecule has 0 fully saturated rings. The molecule has 20 heavy (non-hydrogen) atoms. The van der Waals surface area contributed by atoms with Crippen molar-refractivity contribution in [3.8, 4) is 0 Å². The molecule has 2 aromatic heterocycles. The van der Waals surface area contributed by atoms with Gasteiger partial charge in [-0.2, -0.15) is 0 Å². The molecule has 108 valence electrons. The molecule has 1 N–H and O–H groups in total. The number of aromatic nitrogens is 2. The second-order valence-electron chi connectivity index (χ2n) is 4.19. The van der Waals surface area contributed by atoms with Crippen LogP contribution in [0.25, 0.3) is 5.65 Å². The number of amides is 1. The molecule has 7 heteroatoms. The Hall–Kier alpha value is -1.63. The predicted octanol–water partition coefficient (Wildman–Crippen LogP) is 1.07. The fraction of sp³-hybridized carbons (Fsp3) is 0.385. The Kier molecular flexibility index (Phi) is 4.94. The maximum Gasteiger partial charge on any atom is 0.274 e. The molecule has 0 saturated carbocycles. The molecule has 2 rings (SSSR count). The van der Waals surface area contributed by atoms with Crippen molar-refractivity contribution in [3.05, 3.63) is 35.2 Å². The van der Waals surface area contributed by atoms with E-state index in [0.29, 0.717) is 24.5 Å². The summed E-state index contributed by atoms with van der Waals surface area (Å²) < 4.78 is 6.61. The van der Waals surface area contributed by atoms with Crippen molar-refractivity contribution in [2.45, 2.75) is 0 Å². The minimum absolute atomic E-state index is 0.121. The highest BCUT2D eigenvalue weighted by molar-refractivity contribution is 6.32. The molecule has 0 radical (unpaired) electrons. The van der Waals surface area contributed by atoms with Crippen LogP contribution in [-0.2, 0) is 4.74 Å². The maximum absolute atomic E-state index is 12.6. The highest BCUT2D eigenvalue weighted by Crippen LogP contribution is 2.19. The zero-order chi connectivity index (χ0) is 14.5. The third-order valence-electron chi connectivity index (χ3n) is 2.91. The van der Waals surface area contributed by atoms with Crippen LogP contribution in [0.3, 0.4) is 0 Å². The summed E-state index contributed by atoms with van der Waals surface area (Å²) in [5.41, 5.74) is 0.906. The van der Waals surface area contributed by atoms with Crippen LogP contribution >= 0.6 is 11.6 Å².